The molecule has 0 aromatic heterocycles. The van der Waals surface area contributed by atoms with Crippen LogP contribution in [-0.2, 0) is 11.3 Å². The first kappa shape index (κ1) is 16.6. The molecule has 0 aliphatic heterocycles. The first-order valence-corrected chi connectivity index (χ1v) is 7.00. The Morgan fingerprint density at radius 1 is 1.40 bits per heavy atom. The van der Waals surface area contributed by atoms with Crippen LogP contribution in [0.4, 0.5) is 5.69 Å². The van der Waals surface area contributed by atoms with Gasteiger partial charge in [0.1, 0.15) is 0 Å². The third-order valence-electron chi connectivity index (χ3n) is 3.19. The number of nitrogens with zero attached hydrogens (tertiary/aromatic N) is 1. The van der Waals surface area contributed by atoms with Gasteiger partial charge in [-0.15, -0.1) is 0 Å². The van der Waals surface area contributed by atoms with Crippen molar-refractivity contribution in [2.24, 2.45) is 5.73 Å². The van der Waals surface area contributed by atoms with Crippen molar-refractivity contribution in [3.63, 3.8) is 0 Å². The summed E-state index contributed by atoms with van der Waals surface area (Å²) in [7, 11) is 0. The summed E-state index contributed by atoms with van der Waals surface area (Å²) < 4.78 is 0. The molecule has 4 N–H and O–H groups in total. The topological polar surface area (TPSA) is 78.6 Å². The highest BCUT2D eigenvalue weighted by Crippen LogP contribution is 2.10. The van der Waals surface area contributed by atoms with Gasteiger partial charge >= 0.3 is 0 Å². The van der Waals surface area contributed by atoms with E-state index in [1.807, 2.05) is 24.3 Å². The highest BCUT2D eigenvalue weighted by atomic mass is 16.3. The van der Waals surface area contributed by atoms with Crippen molar-refractivity contribution in [2.45, 2.75) is 32.9 Å². The van der Waals surface area contributed by atoms with Gasteiger partial charge < -0.3 is 16.2 Å². The number of hydrogen-bond donors (Lipinski definition) is 3. The third kappa shape index (κ3) is 5.69. The lowest BCUT2D eigenvalue weighted by atomic mass is 10.2. The quantitative estimate of drug-likeness (QED) is 0.667. The molecule has 5 heteroatoms. The highest BCUT2D eigenvalue weighted by Gasteiger charge is 2.11. The van der Waals surface area contributed by atoms with Crippen LogP contribution in [0.15, 0.2) is 24.3 Å². The number of hydrogen-bond acceptors (Lipinski definition) is 4. The van der Waals surface area contributed by atoms with Crippen LogP contribution in [0, 0.1) is 0 Å². The molecule has 0 atom stereocenters. The summed E-state index contributed by atoms with van der Waals surface area (Å²) in [5, 5.41) is 11.9. The van der Waals surface area contributed by atoms with Gasteiger partial charge in [0, 0.05) is 37.8 Å². The largest absolute Gasteiger partial charge is 0.395 e. The molecule has 0 saturated carbocycles. The van der Waals surface area contributed by atoms with Crippen molar-refractivity contribution in [1.29, 1.82) is 0 Å². The van der Waals surface area contributed by atoms with Gasteiger partial charge in [-0.05, 0) is 31.5 Å². The summed E-state index contributed by atoms with van der Waals surface area (Å²) in [6, 6.07) is 7.86. The molecule has 0 aliphatic rings. The maximum atomic E-state index is 11.9. The molecule has 0 unspecified atom stereocenters. The van der Waals surface area contributed by atoms with Gasteiger partial charge in [0.25, 0.3) is 0 Å². The molecule has 1 amide bonds. The van der Waals surface area contributed by atoms with E-state index >= 15 is 0 Å². The van der Waals surface area contributed by atoms with E-state index in [2.05, 4.69) is 24.1 Å². The Labute approximate surface area is 120 Å². The SMILES string of the molecule is CC(C)N(CCO)CCC(=O)Nc1cccc(CN)c1. The summed E-state index contributed by atoms with van der Waals surface area (Å²) in [6.45, 7) is 5.91. The first-order valence-electron chi connectivity index (χ1n) is 7.00. The second kappa shape index (κ2) is 8.68. The summed E-state index contributed by atoms with van der Waals surface area (Å²) in [4.78, 5) is 14.0. The number of aliphatic hydroxyl groups excluding tert-OH is 1. The second-order valence-electron chi connectivity index (χ2n) is 5.06. The lowest BCUT2D eigenvalue weighted by molar-refractivity contribution is -0.116. The van der Waals surface area contributed by atoms with Crippen molar-refractivity contribution >= 4 is 11.6 Å². The van der Waals surface area contributed by atoms with Crippen molar-refractivity contribution in [1.82, 2.24) is 4.90 Å². The Morgan fingerprint density at radius 2 is 2.15 bits per heavy atom. The highest BCUT2D eigenvalue weighted by molar-refractivity contribution is 5.90. The number of rotatable bonds is 8. The second-order valence-corrected chi connectivity index (χ2v) is 5.06. The molecule has 112 valence electrons. The molecule has 0 spiro atoms. The predicted octanol–water partition coefficient (Wildman–Crippen LogP) is 1.18. The Hall–Kier alpha value is -1.43. The first-order chi connectivity index (χ1) is 9.56. The van der Waals surface area contributed by atoms with E-state index in [1.165, 1.54) is 0 Å². The molecular formula is C15H25N3O2. The van der Waals surface area contributed by atoms with Crippen LogP contribution in [-0.4, -0.2) is 41.7 Å². The zero-order chi connectivity index (χ0) is 15.0. The molecule has 0 bridgehead atoms. The van der Waals surface area contributed by atoms with Crippen LogP contribution >= 0.6 is 0 Å². The summed E-state index contributed by atoms with van der Waals surface area (Å²) in [6.07, 6.45) is 0.408. The van der Waals surface area contributed by atoms with E-state index in [0.29, 0.717) is 32.1 Å². The third-order valence-corrected chi connectivity index (χ3v) is 3.19. The van der Waals surface area contributed by atoms with Crippen molar-refractivity contribution in [3.8, 4) is 0 Å². The smallest absolute Gasteiger partial charge is 0.225 e. The number of anilines is 1. The van der Waals surface area contributed by atoms with E-state index in [1.54, 1.807) is 0 Å². The van der Waals surface area contributed by atoms with Gasteiger partial charge in [-0.2, -0.15) is 0 Å². The van der Waals surface area contributed by atoms with Gasteiger partial charge in [0.15, 0.2) is 0 Å². The maximum Gasteiger partial charge on any atom is 0.225 e. The van der Waals surface area contributed by atoms with Crippen LogP contribution in [0.25, 0.3) is 0 Å². The lowest BCUT2D eigenvalue weighted by Crippen LogP contribution is -2.35. The number of carbonyl (C=O) groups excluding carboxylic acids is 1. The minimum atomic E-state index is -0.0252. The molecular weight excluding hydrogens is 254 g/mol. The van der Waals surface area contributed by atoms with E-state index in [4.69, 9.17) is 10.8 Å². The Bertz CT molecular complexity index is 421. The maximum absolute atomic E-state index is 11.9. The molecule has 0 fully saturated rings. The fourth-order valence-corrected chi connectivity index (χ4v) is 2.00. The Balaban J connectivity index is 2.46. The molecule has 0 radical (unpaired) electrons. The fraction of sp³-hybridized carbons (Fsp3) is 0.533. The van der Waals surface area contributed by atoms with Crippen molar-refractivity contribution < 1.29 is 9.90 Å². The zero-order valence-electron chi connectivity index (χ0n) is 12.3. The normalized spacial score (nSPS) is 11.1. The molecule has 1 aromatic rings. The molecule has 1 aromatic carbocycles. The van der Waals surface area contributed by atoms with E-state index in [9.17, 15) is 4.79 Å². The van der Waals surface area contributed by atoms with Gasteiger partial charge in [-0.1, -0.05) is 12.1 Å². The number of nitrogens with one attached hydrogen (secondary N) is 1. The number of benzene rings is 1. The van der Waals surface area contributed by atoms with E-state index in [-0.39, 0.29) is 12.5 Å². The molecule has 0 saturated heterocycles. The molecule has 5 nitrogen and oxygen atoms in total. The van der Waals surface area contributed by atoms with Gasteiger partial charge in [0.05, 0.1) is 6.61 Å². The zero-order valence-corrected chi connectivity index (χ0v) is 12.3. The monoisotopic (exact) mass is 279 g/mol. The van der Waals surface area contributed by atoms with E-state index in [0.717, 1.165) is 11.3 Å². The number of amides is 1. The molecule has 1 rings (SSSR count). The minimum absolute atomic E-state index is 0.0252. The summed E-state index contributed by atoms with van der Waals surface area (Å²) in [5.74, 6) is -0.0252. The fourth-order valence-electron chi connectivity index (χ4n) is 2.00. The Kier molecular flexibility index (Phi) is 7.22. The van der Waals surface area contributed by atoms with Gasteiger partial charge in [-0.25, -0.2) is 0 Å². The van der Waals surface area contributed by atoms with Crippen molar-refractivity contribution in [2.75, 3.05) is 25.0 Å². The van der Waals surface area contributed by atoms with Crippen molar-refractivity contribution in [3.05, 3.63) is 29.8 Å². The summed E-state index contributed by atoms with van der Waals surface area (Å²) in [5.41, 5.74) is 7.34. The predicted molar refractivity (Wildman–Crippen MR) is 81.4 cm³/mol. The van der Waals surface area contributed by atoms with Crippen LogP contribution in [0.1, 0.15) is 25.8 Å². The van der Waals surface area contributed by atoms with Gasteiger partial charge in [0.2, 0.25) is 5.91 Å². The van der Waals surface area contributed by atoms with E-state index < -0.39 is 0 Å². The molecule has 0 heterocycles. The van der Waals surface area contributed by atoms with Crippen LogP contribution < -0.4 is 11.1 Å². The van der Waals surface area contributed by atoms with Crippen LogP contribution in [0.5, 0.6) is 0 Å². The Morgan fingerprint density at radius 3 is 2.75 bits per heavy atom. The number of nitrogens with two attached hydrogens (primary N) is 1. The molecule has 20 heavy (non-hydrogen) atoms. The van der Waals surface area contributed by atoms with Gasteiger partial charge in [-0.3, -0.25) is 9.69 Å². The summed E-state index contributed by atoms with van der Waals surface area (Å²) >= 11 is 0. The average Bonchev–Trinajstić information content (AvgIpc) is 2.43. The average molecular weight is 279 g/mol. The number of aliphatic hydroxyl groups is 1. The lowest BCUT2D eigenvalue weighted by Gasteiger charge is -2.25. The standard InChI is InChI=1S/C15H25N3O2/c1-12(2)18(8-9-19)7-6-15(20)17-14-5-3-4-13(10-14)11-16/h3-5,10,12,19H,6-9,11,16H2,1-2H3,(H,17,20). The minimum Gasteiger partial charge on any atom is -0.395 e. The van der Waals surface area contributed by atoms with Crippen LogP contribution in [0.2, 0.25) is 0 Å². The number of carbonyl (C=O) groups is 1. The van der Waals surface area contributed by atoms with Crippen LogP contribution in [0.3, 0.4) is 0 Å². The molecule has 0 aliphatic carbocycles.